The van der Waals surface area contributed by atoms with E-state index in [0.29, 0.717) is 12.1 Å². The third-order valence-electron chi connectivity index (χ3n) is 3.17. The predicted octanol–water partition coefficient (Wildman–Crippen LogP) is 2.21. The Labute approximate surface area is 113 Å². The van der Waals surface area contributed by atoms with E-state index in [1.54, 1.807) is 6.07 Å². The van der Waals surface area contributed by atoms with Crippen LogP contribution >= 0.6 is 12.2 Å². The molecule has 1 aromatic rings. The van der Waals surface area contributed by atoms with Crippen molar-refractivity contribution in [2.75, 3.05) is 26.0 Å². The number of benzene rings is 1. The first-order valence-electron chi connectivity index (χ1n) is 5.74. The molecule has 5 heteroatoms. The Kier molecular flexibility index (Phi) is 4.65. The highest BCUT2D eigenvalue weighted by Crippen LogP contribution is 2.19. The number of hydrogen-bond acceptors (Lipinski definition) is 3. The SMILES string of the molecule is CN(C)C(C)(C)CNc1ccc(F)cc1C(N)=S. The molecule has 0 aromatic heterocycles. The van der Waals surface area contributed by atoms with Crippen molar-refractivity contribution in [2.24, 2.45) is 5.73 Å². The summed E-state index contributed by atoms with van der Waals surface area (Å²) in [7, 11) is 4.03. The van der Waals surface area contributed by atoms with Gasteiger partial charge in [0, 0.05) is 23.3 Å². The molecule has 1 aromatic carbocycles. The highest BCUT2D eigenvalue weighted by molar-refractivity contribution is 7.80. The zero-order valence-corrected chi connectivity index (χ0v) is 12.1. The zero-order valence-electron chi connectivity index (χ0n) is 11.2. The summed E-state index contributed by atoms with van der Waals surface area (Å²) in [6, 6.07) is 4.41. The molecule has 0 aliphatic heterocycles. The molecule has 0 unspecified atom stereocenters. The van der Waals surface area contributed by atoms with Gasteiger partial charge in [0.05, 0.1) is 0 Å². The van der Waals surface area contributed by atoms with E-state index in [9.17, 15) is 4.39 Å². The lowest BCUT2D eigenvalue weighted by molar-refractivity contribution is 0.210. The van der Waals surface area contributed by atoms with Crippen molar-refractivity contribution >= 4 is 22.9 Å². The summed E-state index contributed by atoms with van der Waals surface area (Å²) in [6.07, 6.45) is 0. The van der Waals surface area contributed by atoms with Crippen LogP contribution in [0.3, 0.4) is 0 Å². The molecule has 0 saturated carbocycles. The van der Waals surface area contributed by atoms with Crippen molar-refractivity contribution in [1.29, 1.82) is 0 Å². The van der Waals surface area contributed by atoms with E-state index < -0.39 is 0 Å². The van der Waals surface area contributed by atoms with Crippen LogP contribution in [0.25, 0.3) is 0 Å². The molecule has 0 aliphatic carbocycles. The van der Waals surface area contributed by atoms with Crippen molar-refractivity contribution in [3.05, 3.63) is 29.6 Å². The molecule has 0 saturated heterocycles. The number of nitrogens with two attached hydrogens (primary N) is 1. The molecule has 3 N–H and O–H groups in total. The standard InChI is InChI=1S/C13H20FN3S/c1-13(2,17(3)4)8-16-11-6-5-9(14)7-10(11)12(15)18/h5-7,16H,8H2,1-4H3,(H2,15,18). The first-order valence-corrected chi connectivity index (χ1v) is 6.15. The third kappa shape index (κ3) is 3.65. The van der Waals surface area contributed by atoms with E-state index >= 15 is 0 Å². The minimum atomic E-state index is -0.338. The number of nitrogens with one attached hydrogen (secondary N) is 1. The average Bonchev–Trinajstić information content (AvgIpc) is 2.27. The van der Waals surface area contributed by atoms with Crippen molar-refractivity contribution in [3.8, 4) is 0 Å². The molecule has 0 fully saturated rings. The Balaban J connectivity index is 2.89. The molecule has 0 atom stereocenters. The van der Waals surface area contributed by atoms with Gasteiger partial charge in [-0.2, -0.15) is 0 Å². The Morgan fingerprint density at radius 1 is 1.44 bits per heavy atom. The maximum absolute atomic E-state index is 13.2. The topological polar surface area (TPSA) is 41.3 Å². The Morgan fingerprint density at radius 3 is 2.56 bits per heavy atom. The summed E-state index contributed by atoms with van der Waals surface area (Å²) >= 11 is 4.93. The van der Waals surface area contributed by atoms with Gasteiger partial charge in [0.1, 0.15) is 10.8 Å². The normalized spacial score (nSPS) is 11.7. The van der Waals surface area contributed by atoms with Crippen molar-refractivity contribution < 1.29 is 4.39 Å². The van der Waals surface area contributed by atoms with Gasteiger partial charge in [0.15, 0.2) is 0 Å². The van der Waals surface area contributed by atoms with E-state index in [1.807, 2.05) is 14.1 Å². The summed E-state index contributed by atoms with van der Waals surface area (Å²) in [6.45, 7) is 4.94. The van der Waals surface area contributed by atoms with Crippen LogP contribution in [0.4, 0.5) is 10.1 Å². The number of nitrogens with zero attached hydrogens (tertiary/aromatic N) is 1. The fourth-order valence-electron chi connectivity index (χ4n) is 1.34. The summed E-state index contributed by atoms with van der Waals surface area (Å²) in [5, 5.41) is 3.27. The highest BCUT2D eigenvalue weighted by atomic mass is 32.1. The smallest absolute Gasteiger partial charge is 0.124 e. The van der Waals surface area contributed by atoms with Crippen LogP contribution < -0.4 is 11.1 Å². The monoisotopic (exact) mass is 269 g/mol. The largest absolute Gasteiger partial charge is 0.389 e. The first-order chi connectivity index (χ1) is 8.24. The van der Waals surface area contributed by atoms with E-state index in [1.165, 1.54) is 12.1 Å². The molecule has 0 spiro atoms. The molecule has 0 heterocycles. The maximum Gasteiger partial charge on any atom is 0.124 e. The highest BCUT2D eigenvalue weighted by Gasteiger charge is 2.20. The van der Waals surface area contributed by atoms with Gasteiger partial charge in [-0.3, -0.25) is 0 Å². The van der Waals surface area contributed by atoms with Crippen LogP contribution in [-0.4, -0.2) is 36.1 Å². The lowest BCUT2D eigenvalue weighted by Gasteiger charge is -2.33. The fourth-order valence-corrected chi connectivity index (χ4v) is 1.51. The van der Waals surface area contributed by atoms with Gasteiger partial charge in [-0.15, -0.1) is 0 Å². The fraction of sp³-hybridized carbons (Fsp3) is 0.462. The van der Waals surface area contributed by atoms with E-state index in [0.717, 1.165) is 5.69 Å². The van der Waals surface area contributed by atoms with Crippen LogP contribution in [0, 0.1) is 5.82 Å². The Bertz CT molecular complexity index is 444. The molecule has 0 bridgehead atoms. The minimum absolute atomic E-state index is 0.0259. The summed E-state index contributed by atoms with van der Waals surface area (Å²) in [4.78, 5) is 2.31. The third-order valence-corrected chi connectivity index (χ3v) is 3.39. The van der Waals surface area contributed by atoms with Crippen molar-refractivity contribution in [2.45, 2.75) is 19.4 Å². The molecular weight excluding hydrogens is 249 g/mol. The Morgan fingerprint density at radius 2 is 2.06 bits per heavy atom. The van der Waals surface area contributed by atoms with Gasteiger partial charge < -0.3 is 16.0 Å². The van der Waals surface area contributed by atoms with Gasteiger partial charge in [0.2, 0.25) is 0 Å². The van der Waals surface area contributed by atoms with Gasteiger partial charge in [-0.05, 0) is 46.1 Å². The van der Waals surface area contributed by atoms with E-state index in [-0.39, 0.29) is 16.3 Å². The zero-order chi connectivity index (χ0) is 13.9. The van der Waals surface area contributed by atoms with Crippen LogP contribution in [0.2, 0.25) is 0 Å². The van der Waals surface area contributed by atoms with Crippen LogP contribution in [-0.2, 0) is 0 Å². The van der Waals surface area contributed by atoms with Crippen LogP contribution in [0.1, 0.15) is 19.4 Å². The second-order valence-corrected chi connectivity index (χ2v) is 5.55. The number of anilines is 1. The molecule has 0 radical (unpaired) electrons. The van der Waals surface area contributed by atoms with Gasteiger partial charge in [-0.25, -0.2) is 4.39 Å². The second-order valence-electron chi connectivity index (χ2n) is 5.11. The van der Waals surface area contributed by atoms with E-state index in [2.05, 4.69) is 24.1 Å². The average molecular weight is 269 g/mol. The molecule has 100 valence electrons. The molecule has 0 aliphatic rings. The van der Waals surface area contributed by atoms with Crippen molar-refractivity contribution in [3.63, 3.8) is 0 Å². The molecule has 1 rings (SSSR count). The summed E-state index contributed by atoms with van der Waals surface area (Å²) in [5.41, 5.74) is 6.88. The van der Waals surface area contributed by atoms with Gasteiger partial charge in [-0.1, -0.05) is 12.2 Å². The van der Waals surface area contributed by atoms with Crippen LogP contribution in [0.5, 0.6) is 0 Å². The van der Waals surface area contributed by atoms with E-state index in [4.69, 9.17) is 18.0 Å². The number of halogens is 1. The second kappa shape index (κ2) is 5.63. The van der Waals surface area contributed by atoms with Crippen LogP contribution in [0.15, 0.2) is 18.2 Å². The maximum atomic E-state index is 13.2. The lowest BCUT2D eigenvalue weighted by atomic mass is 10.0. The first kappa shape index (κ1) is 14.9. The minimum Gasteiger partial charge on any atom is -0.389 e. The quantitative estimate of drug-likeness (QED) is 0.804. The van der Waals surface area contributed by atoms with Crippen molar-refractivity contribution in [1.82, 2.24) is 4.90 Å². The lowest BCUT2D eigenvalue weighted by Crippen LogP contribution is -2.44. The summed E-state index contributed by atoms with van der Waals surface area (Å²) < 4.78 is 13.2. The summed E-state index contributed by atoms with van der Waals surface area (Å²) in [5.74, 6) is -0.338. The number of thiocarbonyl (C=S) groups is 1. The molecule has 18 heavy (non-hydrogen) atoms. The number of rotatable bonds is 5. The molecule has 0 amide bonds. The molecule has 3 nitrogen and oxygen atoms in total. The van der Waals surface area contributed by atoms with Gasteiger partial charge >= 0.3 is 0 Å². The Hall–Kier alpha value is -1.20. The number of likely N-dealkylation sites (N-methyl/N-ethyl adjacent to an activating group) is 1. The number of hydrogen-bond donors (Lipinski definition) is 2. The van der Waals surface area contributed by atoms with Gasteiger partial charge in [0.25, 0.3) is 0 Å². The molecular formula is C13H20FN3S. The predicted molar refractivity (Wildman–Crippen MR) is 78.5 cm³/mol.